The zero-order valence-electron chi connectivity index (χ0n) is 9.51. The first-order valence-electron chi connectivity index (χ1n) is 6.24. The molecule has 1 aromatic rings. The normalized spacial score (nSPS) is 22.1. The lowest BCUT2D eigenvalue weighted by Crippen LogP contribution is -2.24. The van der Waals surface area contributed by atoms with E-state index in [-0.39, 0.29) is 0 Å². The summed E-state index contributed by atoms with van der Waals surface area (Å²) in [6, 6.07) is 8.61. The maximum Gasteiger partial charge on any atom is 0.0205 e. The van der Waals surface area contributed by atoms with Crippen molar-refractivity contribution in [2.24, 2.45) is 11.3 Å². The van der Waals surface area contributed by atoms with E-state index in [0.717, 1.165) is 22.4 Å². The summed E-state index contributed by atoms with van der Waals surface area (Å²) in [4.78, 5) is 0. The van der Waals surface area contributed by atoms with Crippen LogP contribution in [0.5, 0.6) is 0 Å². The molecule has 0 heterocycles. The van der Waals surface area contributed by atoms with Crippen LogP contribution in [0.1, 0.15) is 31.2 Å². The smallest absolute Gasteiger partial charge is 0.0205 e. The molecule has 2 aliphatic carbocycles. The summed E-state index contributed by atoms with van der Waals surface area (Å²) in [5.74, 6) is 1.06. The highest BCUT2D eigenvalue weighted by atomic mass is 79.9. The van der Waals surface area contributed by atoms with E-state index in [2.05, 4.69) is 45.5 Å². The first-order valence-corrected chi connectivity index (χ1v) is 7.03. The van der Waals surface area contributed by atoms with Gasteiger partial charge in [-0.2, -0.15) is 0 Å². The summed E-state index contributed by atoms with van der Waals surface area (Å²) in [5, 5.41) is 3.63. The summed E-state index contributed by atoms with van der Waals surface area (Å²) in [7, 11) is 0. The van der Waals surface area contributed by atoms with Crippen molar-refractivity contribution >= 4 is 15.9 Å². The molecule has 2 saturated carbocycles. The second-order valence-corrected chi connectivity index (χ2v) is 6.28. The molecule has 0 aromatic heterocycles. The largest absolute Gasteiger partial charge is 0.312 e. The Morgan fingerprint density at radius 2 is 1.88 bits per heavy atom. The molecule has 2 fully saturated rings. The van der Waals surface area contributed by atoms with Crippen molar-refractivity contribution in [2.75, 3.05) is 6.54 Å². The van der Waals surface area contributed by atoms with Crippen molar-refractivity contribution in [2.45, 2.75) is 32.2 Å². The molecular weight excluding hydrogens is 262 g/mol. The lowest BCUT2D eigenvalue weighted by Gasteiger charge is -2.14. The SMILES string of the molecule is Brc1ccc(CNCC2(C3CC3)CC2)cc1. The zero-order valence-corrected chi connectivity index (χ0v) is 11.1. The Hall–Kier alpha value is -0.340. The lowest BCUT2D eigenvalue weighted by molar-refractivity contribution is 0.403. The van der Waals surface area contributed by atoms with E-state index < -0.39 is 0 Å². The Morgan fingerprint density at radius 3 is 2.44 bits per heavy atom. The minimum atomic E-state index is 0.718. The fourth-order valence-electron chi connectivity index (χ4n) is 2.64. The second-order valence-electron chi connectivity index (χ2n) is 5.37. The third-order valence-electron chi connectivity index (χ3n) is 4.06. The van der Waals surface area contributed by atoms with Crippen molar-refractivity contribution in [3.05, 3.63) is 34.3 Å². The number of nitrogens with one attached hydrogen (secondary N) is 1. The van der Waals surface area contributed by atoms with Crippen LogP contribution in [-0.2, 0) is 6.54 Å². The van der Waals surface area contributed by atoms with Gasteiger partial charge in [-0.05, 0) is 54.7 Å². The molecule has 3 rings (SSSR count). The van der Waals surface area contributed by atoms with Gasteiger partial charge in [-0.3, -0.25) is 0 Å². The Bertz CT molecular complexity index is 363. The van der Waals surface area contributed by atoms with Gasteiger partial charge in [0.05, 0.1) is 0 Å². The molecular formula is C14H18BrN. The van der Waals surface area contributed by atoms with Gasteiger partial charge >= 0.3 is 0 Å². The van der Waals surface area contributed by atoms with E-state index in [9.17, 15) is 0 Å². The average Bonchev–Trinajstić information content (AvgIpc) is 3.15. The number of hydrogen-bond acceptors (Lipinski definition) is 1. The second kappa shape index (κ2) is 4.15. The Balaban J connectivity index is 1.48. The van der Waals surface area contributed by atoms with Crippen molar-refractivity contribution in [3.63, 3.8) is 0 Å². The predicted octanol–water partition coefficient (Wildman–Crippen LogP) is 3.73. The quantitative estimate of drug-likeness (QED) is 0.866. The molecule has 86 valence electrons. The molecule has 0 saturated heterocycles. The molecule has 0 bridgehead atoms. The van der Waals surface area contributed by atoms with Gasteiger partial charge in [0.1, 0.15) is 0 Å². The monoisotopic (exact) mass is 279 g/mol. The van der Waals surface area contributed by atoms with Crippen LogP contribution in [0.2, 0.25) is 0 Å². The number of rotatable bonds is 5. The first-order chi connectivity index (χ1) is 7.78. The molecule has 2 aliphatic rings. The van der Waals surface area contributed by atoms with E-state index in [1.54, 1.807) is 0 Å². The fourth-order valence-corrected chi connectivity index (χ4v) is 2.91. The van der Waals surface area contributed by atoms with Gasteiger partial charge in [-0.1, -0.05) is 28.1 Å². The molecule has 1 N–H and O–H groups in total. The van der Waals surface area contributed by atoms with Crippen molar-refractivity contribution in [1.82, 2.24) is 5.32 Å². The summed E-state index contributed by atoms with van der Waals surface area (Å²) in [6.45, 7) is 2.25. The Morgan fingerprint density at radius 1 is 1.19 bits per heavy atom. The summed E-state index contributed by atoms with van der Waals surface area (Å²) in [5.41, 5.74) is 2.10. The van der Waals surface area contributed by atoms with Gasteiger partial charge in [0, 0.05) is 17.6 Å². The molecule has 1 aromatic carbocycles. The fraction of sp³-hybridized carbons (Fsp3) is 0.571. The van der Waals surface area contributed by atoms with Crippen LogP contribution in [0.15, 0.2) is 28.7 Å². The maximum atomic E-state index is 3.63. The molecule has 16 heavy (non-hydrogen) atoms. The lowest BCUT2D eigenvalue weighted by atomic mass is 10.0. The van der Waals surface area contributed by atoms with Crippen LogP contribution in [0, 0.1) is 11.3 Å². The molecule has 0 radical (unpaired) electrons. The number of halogens is 1. The maximum absolute atomic E-state index is 3.63. The van der Waals surface area contributed by atoms with E-state index >= 15 is 0 Å². The van der Waals surface area contributed by atoms with Gasteiger partial charge in [-0.25, -0.2) is 0 Å². The van der Waals surface area contributed by atoms with Crippen LogP contribution in [0.4, 0.5) is 0 Å². The van der Waals surface area contributed by atoms with Gasteiger partial charge in [0.15, 0.2) is 0 Å². The zero-order chi connectivity index (χ0) is 11.0. The average molecular weight is 280 g/mol. The van der Waals surface area contributed by atoms with E-state index in [1.807, 2.05) is 0 Å². The summed E-state index contributed by atoms with van der Waals surface area (Å²) < 4.78 is 1.16. The summed E-state index contributed by atoms with van der Waals surface area (Å²) >= 11 is 3.46. The van der Waals surface area contributed by atoms with E-state index in [4.69, 9.17) is 0 Å². The summed E-state index contributed by atoms with van der Waals surface area (Å²) in [6.07, 6.45) is 5.90. The number of benzene rings is 1. The third-order valence-corrected chi connectivity index (χ3v) is 4.58. The Labute approximate surface area is 106 Å². The molecule has 0 aliphatic heterocycles. The molecule has 2 heteroatoms. The predicted molar refractivity (Wildman–Crippen MR) is 70.2 cm³/mol. The van der Waals surface area contributed by atoms with Crippen molar-refractivity contribution < 1.29 is 0 Å². The molecule has 0 amide bonds. The standard InChI is InChI=1S/C14H18BrN/c15-13-5-1-11(2-6-13)9-16-10-14(7-8-14)12-3-4-12/h1-2,5-6,12,16H,3-4,7-10H2. The molecule has 0 spiro atoms. The van der Waals surface area contributed by atoms with Crippen LogP contribution >= 0.6 is 15.9 Å². The van der Waals surface area contributed by atoms with E-state index in [1.165, 1.54) is 37.8 Å². The highest BCUT2D eigenvalue weighted by Gasteiger charge is 2.53. The van der Waals surface area contributed by atoms with Gasteiger partial charge in [0.25, 0.3) is 0 Å². The highest BCUT2D eigenvalue weighted by molar-refractivity contribution is 9.10. The van der Waals surface area contributed by atoms with Crippen molar-refractivity contribution in [3.8, 4) is 0 Å². The third kappa shape index (κ3) is 2.33. The number of hydrogen-bond donors (Lipinski definition) is 1. The topological polar surface area (TPSA) is 12.0 Å². The Kier molecular flexibility index (Phi) is 2.80. The van der Waals surface area contributed by atoms with Crippen LogP contribution in [-0.4, -0.2) is 6.54 Å². The van der Waals surface area contributed by atoms with Crippen LogP contribution in [0.25, 0.3) is 0 Å². The highest BCUT2D eigenvalue weighted by Crippen LogP contribution is 2.60. The van der Waals surface area contributed by atoms with Gasteiger partial charge in [-0.15, -0.1) is 0 Å². The minimum Gasteiger partial charge on any atom is -0.312 e. The van der Waals surface area contributed by atoms with Crippen LogP contribution < -0.4 is 5.32 Å². The first kappa shape index (κ1) is 10.8. The molecule has 0 unspecified atom stereocenters. The minimum absolute atomic E-state index is 0.718. The van der Waals surface area contributed by atoms with E-state index in [0.29, 0.717) is 0 Å². The molecule has 1 nitrogen and oxygen atoms in total. The molecule has 0 atom stereocenters. The van der Waals surface area contributed by atoms with Gasteiger partial charge < -0.3 is 5.32 Å². The van der Waals surface area contributed by atoms with Crippen LogP contribution in [0.3, 0.4) is 0 Å². The van der Waals surface area contributed by atoms with Crippen molar-refractivity contribution in [1.29, 1.82) is 0 Å². The van der Waals surface area contributed by atoms with Gasteiger partial charge in [0.2, 0.25) is 0 Å².